The Morgan fingerprint density at radius 3 is 2.64 bits per heavy atom. The summed E-state index contributed by atoms with van der Waals surface area (Å²) in [6.07, 6.45) is 0.925. The summed E-state index contributed by atoms with van der Waals surface area (Å²) in [6.45, 7) is 3.23. The van der Waals surface area contributed by atoms with Gasteiger partial charge in [-0.3, -0.25) is 4.18 Å². The minimum atomic E-state index is -3.47. The number of esters is 1. The molecule has 0 amide bonds. The SMILES string of the molecule is C/C=C(/C)C(=O)OC1COS(=O)(=O)C1. The molecule has 0 radical (unpaired) electrons. The highest BCUT2D eigenvalue weighted by molar-refractivity contribution is 7.87. The number of allylic oxidation sites excluding steroid dienone is 1. The topological polar surface area (TPSA) is 69.7 Å². The van der Waals surface area contributed by atoms with Gasteiger partial charge >= 0.3 is 5.97 Å². The summed E-state index contributed by atoms with van der Waals surface area (Å²) >= 11 is 0. The predicted molar refractivity (Wildman–Crippen MR) is 49.0 cm³/mol. The molecule has 1 aliphatic heterocycles. The zero-order chi connectivity index (χ0) is 10.8. The van der Waals surface area contributed by atoms with Gasteiger partial charge in [0.15, 0.2) is 0 Å². The average molecular weight is 220 g/mol. The molecule has 0 N–H and O–H groups in total. The summed E-state index contributed by atoms with van der Waals surface area (Å²) < 4.78 is 31.0. The smallest absolute Gasteiger partial charge is 0.333 e. The lowest BCUT2D eigenvalue weighted by molar-refractivity contribution is -0.143. The van der Waals surface area contributed by atoms with Crippen LogP contribution in [-0.4, -0.2) is 32.9 Å². The Balaban J connectivity index is 2.52. The van der Waals surface area contributed by atoms with Crippen LogP contribution in [0, 0.1) is 0 Å². The Kier molecular flexibility index (Phi) is 3.28. The van der Waals surface area contributed by atoms with Crippen molar-refractivity contribution in [2.45, 2.75) is 20.0 Å². The van der Waals surface area contributed by atoms with E-state index in [0.717, 1.165) is 0 Å². The van der Waals surface area contributed by atoms with Crippen molar-refractivity contribution in [3.05, 3.63) is 11.6 Å². The molecule has 1 aliphatic rings. The zero-order valence-electron chi connectivity index (χ0n) is 8.02. The molecule has 80 valence electrons. The van der Waals surface area contributed by atoms with Crippen LogP contribution < -0.4 is 0 Å². The second-order valence-corrected chi connectivity index (χ2v) is 4.69. The number of rotatable bonds is 2. The van der Waals surface area contributed by atoms with Gasteiger partial charge in [0.25, 0.3) is 10.1 Å². The van der Waals surface area contributed by atoms with Crippen molar-refractivity contribution >= 4 is 16.1 Å². The largest absolute Gasteiger partial charge is 0.455 e. The van der Waals surface area contributed by atoms with E-state index in [-0.39, 0.29) is 12.4 Å². The molecule has 1 atom stereocenters. The lowest BCUT2D eigenvalue weighted by atomic mass is 10.3. The molecule has 1 fully saturated rings. The van der Waals surface area contributed by atoms with Gasteiger partial charge in [0.1, 0.15) is 18.5 Å². The fraction of sp³-hybridized carbons (Fsp3) is 0.625. The van der Waals surface area contributed by atoms with Gasteiger partial charge in [0.2, 0.25) is 0 Å². The molecule has 0 aromatic rings. The van der Waals surface area contributed by atoms with Crippen LogP contribution in [0.2, 0.25) is 0 Å². The van der Waals surface area contributed by atoms with E-state index in [1.165, 1.54) is 0 Å². The Hall–Kier alpha value is -0.880. The van der Waals surface area contributed by atoms with Crippen LogP contribution in [0.5, 0.6) is 0 Å². The normalized spacial score (nSPS) is 26.1. The molecular formula is C8H12O5S. The minimum absolute atomic E-state index is 0.0783. The molecule has 1 saturated heterocycles. The highest BCUT2D eigenvalue weighted by Crippen LogP contribution is 2.13. The lowest BCUT2D eigenvalue weighted by Gasteiger charge is -2.08. The maximum atomic E-state index is 11.2. The third kappa shape index (κ3) is 2.81. The van der Waals surface area contributed by atoms with Gasteiger partial charge in [-0.15, -0.1) is 0 Å². The maximum absolute atomic E-state index is 11.2. The summed E-state index contributed by atoms with van der Waals surface area (Å²) in [4.78, 5) is 11.2. The highest BCUT2D eigenvalue weighted by atomic mass is 32.2. The number of carbonyl (C=O) groups is 1. The van der Waals surface area contributed by atoms with Gasteiger partial charge in [0.05, 0.1) is 0 Å². The first-order valence-corrected chi connectivity index (χ1v) is 5.73. The molecule has 1 heterocycles. The van der Waals surface area contributed by atoms with E-state index in [9.17, 15) is 13.2 Å². The summed E-state index contributed by atoms with van der Waals surface area (Å²) in [5, 5.41) is 0. The first-order valence-electron chi connectivity index (χ1n) is 4.15. The zero-order valence-corrected chi connectivity index (χ0v) is 8.83. The quantitative estimate of drug-likeness (QED) is 0.378. The lowest BCUT2D eigenvalue weighted by Crippen LogP contribution is -2.22. The molecule has 1 rings (SSSR count). The predicted octanol–water partition coefficient (Wildman–Crippen LogP) is 0.224. The van der Waals surface area contributed by atoms with Gasteiger partial charge in [-0.1, -0.05) is 6.08 Å². The number of hydrogen-bond donors (Lipinski definition) is 0. The Morgan fingerprint density at radius 1 is 1.57 bits per heavy atom. The van der Waals surface area contributed by atoms with Crippen LogP contribution >= 0.6 is 0 Å². The van der Waals surface area contributed by atoms with Gasteiger partial charge in [0, 0.05) is 5.57 Å². The van der Waals surface area contributed by atoms with Crippen LogP contribution in [0.1, 0.15) is 13.8 Å². The molecule has 1 unspecified atom stereocenters. The van der Waals surface area contributed by atoms with E-state index >= 15 is 0 Å². The molecule has 0 aromatic heterocycles. The van der Waals surface area contributed by atoms with E-state index < -0.39 is 22.2 Å². The summed E-state index contributed by atoms with van der Waals surface area (Å²) in [5.74, 6) is -0.756. The molecule has 0 aromatic carbocycles. The summed E-state index contributed by atoms with van der Waals surface area (Å²) in [5.41, 5.74) is 0.453. The van der Waals surface area contributed by atoms with Crippen LogP contribution in [0.15, 0.2) is 11.6 Å². The third-order valence-corrected chi connectivity index (χ3v) is 3.13. The van der Waals surface area contributed by atoms with Crippen molar-refractivity contribution in [3.63, 3.8) is 0 Å². The fourth-order valence-electron chi connectivity index (χ4n) is 0.934. The van der Waals surface area contributed by atoms with Crippen LogP contribution in [0.4, 0.5) is 0 Å². The van der Waals surface area contributed by atoms with E-state index in [1.54, 1.807) is 19.9 Å². The van der Waals surface area contributed by atoms with Crippen molar-refractivity contribution in [2.24, 2.45) is 0 Å². The molecule has 6 heteroatoms. The first kappa shape index (κ1) is 11.2. The minimum Gasteiger partial charge on any atom is -0.455 e. The highest BCUT2D eigenvalue weighted by Gasteiger charge is 2.31. The third-order valence-electron chi connectivity index (χ3n) is 1.85. The number of ether oxygens (including phenoxy) is 1. The van der Waals surface area contributed by atoms with Crippen molar-refractivity contribution in [3.8, 4) is 0 Å². The number of hydrogen-bond acceptors (Lipinski definition) is 5. The maximum Gasteiger partial charge on any atom is 0.333 e. The van der Waals surface area contributed by atoms with Crippen molar-refractivity contribution in [1.29, 1.82) is 0 Å². The number of carbonyl (C=O) groups excluding carboxylic acids is 1. The van der Waals surface area contributed by atoms with E-state index in [0.29, 0.717) is 5.57 Å². The van der Waals surface area contributed by atoms with Gasteiger partial charge < -0.3 is 4.74 Å². The fourth-order valence-corrected chi connectivity index (χ4v) is 2.01. The first-order chi connectivity index (χ1) is 6.44. The Labute approximate surface area is 82.8 Å². The van der Waals surface area contributed by atoms with Gasteiger partial charge in [-0.05, 0) is 13.8 Å². The van der Waals surface area contributed by atoms with Crippen molar-refractivity contribution in [1.82, 2.24) is 0 Å². The molecule has 5 nitrogen and oxygen atoms in total. The molecule has 0 bridgehead atoms. The van der Waals surface area contributed by atoms with Crippen molar-refractivity contribution in [2.75, 3.05) is 12.4 Å². The van der Waals surface area contributed by atoms with Gasteiger partial charge in [-0.2, -0.15) is 8.42 Å². The van der Waals surface area contributed by atoms with Crippen LogP contribution in [0.25, 0.3) is 0 Å². The Bertz CT molecular complexity index is 354. The molecule has 0 saturated carbocycles. The summed E-state index contributed by atoms with van der Waals surface area (Å²) in [6, 6.07) is 0. The molecule has 0 spiro atoms. The molecular weight excluding hydrogens is 208 g/mol. The summed E-state index contributed by atoms with van der Waals surface area (Å²) in [7, 11) is -3.47. The monoisotopic (exact) mass is 220 g/mol. The average Bonchev–Trinajstić information content (AvgIpc) is 2.44. The van der Waals surface area contributed by atoms with Crippen molar-refractivity contribution < 1.29 is 22.1 Å². The standard InChI is InChI=1S/C8H12O5S/c1-3-6(2)8(9)13-7-4-12-14(10,11)5-7/h3,7H,4-5H2,1-2H3/b6-3-. The van der Waals surface area contributed by atoms with Gasteiger partial charge in [-0.25, -0.2) is 4.79 Å². The second-order valence-electron chi connectivity index (χ2n) is 3.01. The molecule has 0 aliphatic carbocycles. The van der Waals surface area contributed by atoms with E-state index in [4.69, 9.17) is 4.74 Å². The van der Waals surface area contributed by atoms with E-state index in [2.05, 4.69) is 4.18 Å². The van der Waals surface area contributed by atoms with Crippen LogP contribution in [-0.2, 0) is 23.8 Å². The van der Waals surface area contributed by atoms with E-state index in [1.807, 2.05) is 0 Å². The van der Waals surface area contributed by atoms with Crippen LogP contribution in [0.3, 0.4) is 0 Å². The second kappa shape index (κ2) is 4.10. The molecule has 14 heavy (non-hydrogen) atoms. The Morgan fingerprint density at radius 2 is 2.21 bits per heavy atom.